The molecule has 0 fully saturated rings. The van der Waals surface area contributed by atoms with Crippen LogP contribution in [0, 0.1) is 6.92 Å². The lowest BCUT2D eigenvalue weighted by Gasteiger charge is -2.05. The summed E-state index contributed by atoms with van der Waals surface area (Å²) in [6.07, 6.45) is 0. The molecular weight excluding hydrogens is 250 g/mol. The van der Waals surface area contributed by atoms with E-state index in [4.69, 9.17) is 5.11 Å². The Balaban J connectivity index is 2.18. The van der Waals surface area contributed by atoms with E-state index < -0.39 is 11.9 Å². The number of carboxylic acids is 1. The van der Waals surface area contributed by atoms with Crippen molar-refractivity contribution in [1.82, 2.24) is 10.2 Å². The summed E-state index contributed by atoms with van der Waals surface area (Å²) in [5.41, 5.74) is 0.863. The Kier molecular flexibility index (Phi) is 3.19. The molecule has 0 bridgehead atoms. The molecule has 1 aromatic heterocycles. The molecule has 98 valence electrons. The minimum Gasteiger partial charge on any atom is -0.508 e. The number of phenolic OH excluding ortho intramolecular Hbond substituents is 1. The summed E-state index contributed by atoms with van der Waals surface area (Å²) in [4.78, 5) is 22.6. The Labute approximate surface area is 107 Å². The molecule has 0 spiro atoms. The third-order valence-corrected chi connectivity index (χ3v) is 2.50. The second kappa shape index (κ2) is 4.81. The largest absolute Gasteiger partial charge is 0.508 e. The van der Waals surface area contributed by atoms with Gasteiger partial charge in [-0.15, -0.1) is 0 Å². The van der Waals surface area contributed by atoms with Crippen LogP contribution in [0.5, 0.6) is 5.75 Å². The van der Waals surface area contributed by atoms with Gasteiger partial charge in [0.05, 0.1) is 0 Å². The summed E-state index contributed by atoms with van der Waals surface area (Å²) in [5, 5.41) is 26.4. The first kappa shape index (κ1) is 12.6. The zero-order valence-corrected chi connectivity index (χ0v) is 9.97. The molecule has 1 heterocycles. The summed E-state index contributed by atoms with van der Waals surface area (Å²) < 4.78 is 0. The van der Waals surface area contributed by atoms with Crippen molar-refractivity contribution in [1.29, 1.82) is 0 Å². The molecule has 2 aromatic rings. The zero-order chi connectivity index (χ0) is 14.0. The fourth-order valence-electron chi connectivity index (χ4n) is 1.58. The third-order valence-electron chi connectivity index (χ3n) is 2.50. The highest BCUT2D eigenvalue weighted by atomic mass is 16.4. The number of nitrogens with zero attached hydrogens (tertiary/aromatic N) is 1. The van der Waals surface area contributed by atoms with Crippen LogP contribution in [-0.2, 0) is 0 Å². The lowest BCUT2D eigenvalue weighted by molar-refractivity contribution is 0.0690. The number of carbonyl (C=O) groups excluding carboxylic acids is 1. The van der Waals surface area contributed by atoms with Crippen LogP contribution >= 0.6 is 0 Å². The van der Waals surface area contributed by atoms with Crippen LogP contribution in [0.3, 0.4) is 0 Å². The summed E-state index contributed by atoms with van der Waals surface area (Å²) in [6.45, 7) is 1.68. The maximum atomic E-state index is 11.9. The number of aromatic amines is 1. The second-order valence-electron chi connectivity index (χ2n) is 3.93. The highest BCUT2D eigenvalue weighted by molar-refractivity contribution is 6.05. The summed E-state index contributed by atoms with van der Waals surface area (Å²) >= 11 is 0. The van der Waals surface area contributed by atoms with Crippen LogP contribution < -0.4 is 5.32 Å². The van der Waals surface area contributed by atoms with Crippen molar-refractivity contribution in [2.24, 2.45) is 0 Å². The molecule has 0 aliphatic carbocycles. The van der Waals surface area contributed by atoms with E-state index in [0.717, 1.165) is 0 Å². The molecule has 0 aliphatic rings. The lowest BCUT2D eigenvalue weighted by atomic mass is 10.1. The van der Waals surface area contributed by atoms with Gasteiger partial charge in [0.25, 0.3) is 5.91 Å². The fraction of sp³-hybridized carbons (Fsp3) is 0.0833. The number of carbonyl (C=O) groups is 2. The van der Waals surface area contributed by atoms with Gasteiger partial charge < -0.3 is 15.5 Å². The van der Waals surface area contributed by atoms with Crippen LogP contribution in [0.4, 0.5) is 5.82 Å². The van der Waals surface area contributed by atoms with Gasteiger partial charge in [0.2, 0.25) is 0 Å². The second-order valence-corrected chi connectivity index (χ2v) is 3.93. The van der Waals surface area contributed by atoms with E-state index in [2.05, 4.69) is 15.5 Å². The first-order valence-electron chi connectivity index (χ1n) is 5.37. The Morgan fingerprint density at radius 3 is 2.63 bits per heavy atom. The molecule has 7 nitrogen and oxygen atoms in total. The monoisotopic (exact) mass is 261 g/mol. The molecule has 0 aliphatic heterocycles. The number of rotatable bonds is 3. The maximum Gasteiger partial charge on any atom is 0.353 e. The van der Waals surface area contributed by atoms with Gasteiger partial charge in [-0.2, -0.15) is 5.10 Å². The Bertz CT molecular complexity index is 648. The van der Waals surface area contributed by atoms with Crippen molar-refractivity contribution in [3.05, 3.63) is 41.1 Å². The molecule has 4 N–H and O–H groups in total. The molecule has 0 atom stereocenters. The number of amides is 1. The number of benzene rings is 1. The number of anilines is 1. The van der Waals surface area contributed by atoms with E-state index in [1.165, 1.54) is 24.3 Å². The molecule has 7 heteroatoms. The van der Waals surface area contributed by atoms with Gasteiger partial charge in [-0.25, -0.2) is 4.79 Å². The molecular formula is C12H11N3O4. The van der Waals surface area contributed by atoms with Crippen molar-refractivity contribution < 1.29 is 19.8 Å². The van der Waals surface area contributed by atoms with Gasteiger partial charge in [-0.3, -0.25) is 9.89 Å². The minimum atomic E-state index is -1.16. The average Bonchev–Trinajstić information content (AvgIpc) is 2.77. The number of nitrogens with one attached hydrogen (secondary N) is 2. The Morgan fingerprint density at radius 1 is 1.32 bits per heavy atom. The van der Waals surface area contributed by atoms with E-state index in [0.29, 0.717) is 11.1 Å². The van der Waals surface area contributed by atoms with E-state index in [1.54, 1.807) is 6.92 Å². The smallest absolute Gasteiger partial charge is 0.353 e. The number of aromatic nitrogens is 2. The van der Waals surface area contributed by atoms with Crippen LogP contribution in [0.25, 0.3) is 0 Å². The van der Waals surface area contributed by atoms with Gasteiger partial charge in [-0.1, -0.05) is 0 Å². The van der Waals surface area contributed by atoms with Crippen molar-refractivity contribution in [3.63, 3.8) is 0 Å². The van der Waals surface area contributed by atoms with Crippen LogP contribution in [0.1, 0.15) is 26.4 Å². The lowest BCUT2D eigenvalue weighted by Crippen LogP contribution is -2.13. The van der Waals surface area contributed by atoms with E-state index in [9.17, 15) is 14.7 Å². The standard InChI is InChI=1S/C12H11N3O4/c1-6-4-7(16)2-3-8(6)11(17)13-10-5-9(12(18)19)14-15-10/h2-5,16H,1H3,(H,18,19)(H2,13,14,15,17). The normalized spacial score (nSPS) is 10.2. The molecule has 1 aromatic carbocycles. The maximum absolute atomic E-state index is 11.9. The first-order valence-corrected chi connectivity index (χ1v) is 5.37. The van der Waals surface area contributed by atoms with Gasteiger partial charge in [0.1, 0.15) is 11.4 Å². The summed E-state index contributed by atoms with van der Waals surface area (Å²) in [6, 6.07) is 5.55. The number of hydrogen-bond donors (Lipinski definition) is 4. The highest BCUT2D eigenvalue weighted by Crippen LogP contribution is 2.17. The SMILES string of the molecule is Cc1cc(O)ccc1C(=O)Nc1cc(C(=O)O)[nH]n1. The quantitative estimate of drug-likeness (QED) is 0.666. The van der Waals surface area contributed by atoms with Crippen LogP contribution in [0.15, 0.2) is 24.3 Å². The number of hydrogen-bond acceptors (Lipinski definition) is 4. The number of aryl methyl sites for hydroxylation is 1. The number of aromatic carboxylic acids is 1. The number of carboxylic acid groups (broad SMARTS) is 1. The molecule has 0 unspecified atom stereocenters. The van der Waals surface area contributed by atoms with E-state index in [-0.39, 0.29) is 17.3 Å². The molecule has 0 saturated carbocycles. The summed E-state index contributed by atoms with van der Waals surface area (Å²) in [7, 11) is 0. The van der Waals surface area contributed by atoms with Crippen LogP contribution in [0.2, 0.25) is 0 Å². The van der Waals surface area contributed by atoms with Gasteiger partial charge in [-0.05, 0) is 30.7 Å². The van der Waals surface area contributed by atoms with Crippen molar-refractivity contribution in [2.75, 3.05) is 5.32 Å². The molecule has 0 radical (unpaired) electrons. The van der Waals surface area contributed by atoms with Gasteiger partial charge in [0.15, 0.2) is 5.82 Å². The number of phenols is 1. The predicted octanol–water partition coefficient (Wildman–Crippen LogP) is 1.37. The average molecular weight is 261 g/mol. The highest BCUT2D eigenvalue weighted by Gasteiger charge is 2.13. The topological polar surface area (TPSA) is 115 Å². The molecule has 1 amide bonds. The molecule has 19 heavy (non-hydrogen) atoms. The predicted molar refractivity (Wildman–Crippen MR) is 66.3 cm³/mol. The van der Waals surface area contributed by atoms with Crippen molar-refractivity contribution in [2.45, 2.75) is 6.92 Å². The molecule has 2 rings (SSSR count). The van der Waals surface area contributed by atoms with Crippen LogP contribution in [-0.4, -0.2) is 32.3 Å². The van der Waals surface area contributed by atoms with E-state index >= 15 is 0 Å². The minimum absolute atomic E-state index is 0.0713. The zero-order valence-electron chi connectivity index (χ0n) is 9.97. The van der Waals surface area contributed by atoms with Crippen molar-refractivity contribution >= 4 is 17.7 Å². The Morgan fingerprint density at radius 2 is 2.05 bits per heavy atom. The number of aromatic hydroxyl groups is 1. The Hall–Kier alpha value is -2.83. The molecule has 0 saturated heterocycles. The number of H-pyrrole nitrogens is 1. The van der Waals surface area contributed by atoms with Gasteiger partial charge >= 0.3 is 5.97 Å². The first-order chi connectivity index (χ1) is 8.97. The summed E-state index contributed by atoms with van der Waals surface area (Å²) in [5.74, 6) is -1.40. The van der Waals surface area contributed by atoms with Gasteiger partial charge in [0, 0.05) is 11.6 Å². The fourth-order valence-corrected chi connectivity index (χ4v) is 1.58. The van der Waals surface area contributed by atoms with Crippen molar-refractivity contribution in [3.8, 4) is 5.75 Å². The third kappa shape index (κ3) is 2.71. The van der Waals surface area contributed by atoms with E-state index in [1.807, 2.05) is 0 Å².